The highest BCUT2D eigenvalue weighted by Crippen LogP contribution is 2.08. The van der Waals surface area contributed by atoms with Crippen molar-refractivity contribution < 1.29 is 4.74 Å². The Balaban J connectivity index is 2.65. The van der Waals surface area contributed by atoms with Gasteiger partial charge in [0.2, 0.25) is 0 Å². The van der Waals surface area contributed by atoms with Crippen molar-refractivity contribution in [2.75, 3.05) is 26.8 Å². The molecule has 1 rings (SSSR count). The zero-order valence-electron chi connectivity index (χ0n) is 10.6. The summed E-state index contributed by atoms with van der Waals surface area (Å²) >= 11 is 0. The number of nitrogens with one attached hydrogen (secondary N) is 1. The van der Waals surface area contributed by atoms with Gasteiger partial charge in [0.25, 0.3) is 0 Å². The molecule has 4 nitrogen and oxygen atoms in total. The second-order valence-electron chi connectivity index (χ2n) is 3.98. The van der Waals surface area contributed by atoms with Crippen LogP contribution in [0.15, 0.2) is 24.3 Å². The molecule has 0 heterocycles. The van der Waals surface area contributed by atoms with E-state index in [2.05, 4.69) is 17.9 Å². The first-order chi connectivity index (χ1) is 8.17. The summed E-state index contributed by atoms with van der Waals surface area (Å²) in [4.78, 5) is 2.29. The summed E-state index contributed by atoms with van der Waals surface area (Å²) in [7, 11) is 1.71. The standard InChI is InChI=1S/C13H21N3O/c1-3-16(7-8-17-2)10-11-5-4-6-12(9-11)13(14)15/h4-6,9H,3,7-8,10H2,1-2H3,(H3,14,15). The number of rotatable bonds is 7. The van der Waals surface area contributed by atoms with Gasteiger partial charge in [0, 0.05) is 25.8 Å². The first-order valence-electron chi connectivity index (χ1n) is 5.82. The number of hydrogen-bond donors (Lipinski definition) is 2. The number of nitrogens with two attached hydrogens (primary N) is 1. The van der Waals surface area contributed by atoms with Crippen LogP contribution in [0.25, 0.3) is 0 Å². The normalized spacial score (nSPS) is 10.8. The molecule has 3 N–H and O–H groups in total. The fourth-order valence-corrected chi connectivity index (χ4v) is 1.66. The lowest BCUT2D eigenvalue weighted by Crippen LogP contribution is -2.26. The zero-order valence-corrected chi connectivity index (χ0v) is 10.6. The Kier molecular flexibility index (Phi) is 5.66. The van der Waals surface area contributed by atoms with Crippen LogP contribution in [0, 0.1) is 5.41 Å². The quantitative estimate of drug-likeness (QED) is 0.555. The highest BCUT2D eigenvalue weighted by Gasteiger charge is 2.04. The third kappa shape index (κ3) is 4.54. The molecule has 0 unspecified atom stereocenters. The van der Waals surface area contributed by atoms with E-state index in [9.17, 15) is 0 Å². The van der Waals surface area contributed by atoms with E-state index in [1.54, 1.807) is 7.11 Å². The van der Waals surface area contributed by atoms with Crippen molar-refractivity contribution in [3.05, 3.63) is 35.4 Å². The van der Waals surface area contributed by atoms with Crippen LogP contribution in [0.3, 0.4) is 0 Å². The number of nitrogens with zero attached hydrogens (tertiary/aromatic N) is 1. The van der Waals surface area contributed by atoms with E-state index in [4.69, 9.17) is 15.9 Å². The Labute approximate surface area is 103 Å². The zero-order chi connectivity index (χ0) is 12.7. The number of ether oxygens (including phenoxy) is 1. The van der Waals surface area contributed by atoms with Crippen molar-refractivity contribution in [3.63, 3.8) is 0 Å². The lowest BCUT2D eigenvalue weighted by Gasteiger charge is -2.20. The maximum absolute atomic E-state index is 7.41. The maximum Gasteiger partial charge on any atom is 0.122 e. The Morgan fingerprint density at radius 3 is 2.82 bits per heavy atom. The lowest BCUT2D eigenvalue weighted by molar-refractivity contribution is 0.147. The summed E-state index contributed by atoms with van der Waals surface area (Å²) in [6, 6.07) is 7.83. The van der Waals surface area contributed by atoms with E-state index in [-0.39, 0.29) is 5.84 Å². The number of benzene rings is 1. The predicted octanol–water partition coefficient (Wildman–Crippen LogP) is 1.44. The topological polar surface area (TPSA) is 62.3 Å². The van der Waals surface area contributed by atoms with Crippen LogP contribution in [-0.4, -0.2) is 37.5 Å². The van der Waals surface area contributed by atoms with E-state index < -0.39 is 0 Å². The van der Waals surface area contributed by atoms with Crippen molar-refractivity contribution in [1.29, 1.82) is 5.41 Å². The molecule has 4 heteroatoms. The van der Waals surface area contributed by atoms with Gasteiger partial charge in [0.1, 0.15) is 5.84 Å². The predicted molar refractivity (Wildman–Crippen MR) is 70.3 cm³/mol. The van der Waals surface area contributed by atoms with Gasteiger partial charge in [-0.3, -0.25) is 10.3 Å². The molecular formula is C13H21N3O. The number of amidine groups is 1. The summed E-state index contributed by atoms with van der Waals surface area (Å²) < 4.78 is 5.08. The highest BCUT2D eigenvalue weighted by molar-refractivity contribution is 5.95. The molecule has 0 atom stereocenters. The number of hydrogen-bond acceptors (Lipinski definition) is 3. The average molecular weight is 235 g/mol. The largest absolute Gasteiger partial charge is 0.384 e. The second kappa shape index (κ2) is 7.04. The van der Waals surface area contributed by atoms with Crippen LogP contribution in [-0.2, 0) is 11.3 Å². The lowest BCUT2D eigenvalue weighted by atomic mass is 10.1. The van der Waals surface area contributed by atoms with Crippen molar-refractivity contribution in [3.8, 4) is 0 Å². The van der Waals surface area contributed by atoms with Crippen LogP contribution in [0.2, 0.25) is 0 Å². The van der Waals surface area contributed by atoms with Crippen LogP contribution >= 0.6 is 0 Å². The maximum atomic E-state index is 7.41. The summed E-state index contributed by atoms with van der Waals surface area (Å²) in [5, 5.41) is 7.41. The smallest absolute Gasteiger partial charge is 0.122 e. The molecule has 0 aromatic heterocycles. The van der Waals surface area contributed by atoms with Gasteiger partial charge in [0.05, 0.1) is 6.61 Å². The van der Waals surface area contributed by atoms with Crippen LogP contribution < -0.4 is 5.73 Å². The summed E-state index contributed by atoms with van der Waals surface area (Å²) in [5.74, 6) is 0.117. The van der Waals surface area contributed by atoms with Crippen LogP contribution in [0.1, 0.15) is 18.1 Å². The van der Waals surface area contributed by atoms with Gasteiger partial charge in [-0.15, -0.1) is 0 Å². The SMILES string of the molecule is CCN(CCOC)Cc1cccc(C(=N)N)c1. The average Bonchev–Trinajstić information content (AvgIpc) is 2.34. The van der Waals surface area contributed by atoms with Gasteiger partial charge in [0.15, 0.2) is 0 Å². The first kappa shape index (κ1) is 13.7. The summed E-state index contributed by atoms with van der Waals surface area (Å²) in [6.07, 6.45) is 0. The molecule has 17 heavy (non-hydrogen) atoms. The molecule has 0 saturated carbocycles. The molecule has 0 aliphatic carbocycles. The molecule has 0 radical (unpaired) electrons. The van der Waals surface area contributed by atoms with E-state index in [1.807, 2.05) is 18.2 Å². The molecule has 0 spiro atoms. The van der Waals surface area contributed by atoms with Gasteiger partial charge in [-0.05, 0) is 18.2 Å². The molecule has 0 amide bonds. The Bertz CT molecular complexity index is 365. The summed E-state index contributed by atoms with van der Waals surface area (Å²) in [6.45, 7) is 5.62. The third-order valence-corrected chi connectivity index (χ3v) is 2.70. The van der Waals surface area contributed by atoms with Crippen molar-refractivity contribution in [2.45, 2.75) is 13.5 Å². The molecule has 0 bridgehead atoms. The van der Waals surface area contributed by atoms with E-state index in [1.165, 1.54) is 5.56 Å². The van der Waals surface area contributed by atoms with Crippen LogP contribution in [0.4, 0.5) is 0 Å². The van der Waals surface area contributed by atoms with Gasteiger partial charge in [-0.1, -0.05) is 25.1 Å². The fourth-order valence-electron chi connectivity index (χ4n) is 1.66. The van der Waals surface area contributed by atoms with Crippen molar-refractivity contribution in [2.24, 2.45) is 5.73 Å². The highest BCUT2D eigenvalue weighted by atomic mass is 16.5. The molecule has 1 aromatic rings. The van der Waals surface area contributed by atoms with E-state index in [0.29, 0.717) is 0 Å². The van der Waals surface area contributed by atoms with Crippen molar-refractivity contribution in [1.82, 2.24) is 4.90 Å². The number of likely N-dealkylation sites (N-methyl/N-ethyl adjacent to an activating group) is 1. The monoisotopic (exact) mass is 235 g/mol. The van der Waals surface area contributed by atoms with E-state index >= 15 is 0 Å². The number of methoxy groups -OCH3 is 1. The first-order valence-corrected chi connectivity index (χ1v) is 5.82. The van der Waals surface area contributed by atoms with Gasteiger partial charge in [-0.2, -0.15) is 0 Å². The molecule has 94 valence electrons. The van der Waals surface area contributed by atoms with E-state index in [0.717, 1.165) is 31.8 Å². The van der Waals surface area contributed by atoms with Gasteiger partial charge in [-0.25, -0.2) is 0 Å². The molecule has 0 saturated heterocycles. The van der Waals surface area contributed by atoms with Gasteiger partial charge >= 0.3 is 0 Å². The Hall–Kier alpha value is -1.39. The van der Waals surface area contributed by atoms with Gasteiger partial charge < -0.3 is 10.5 Å². The minimum atomic E-state index is 0.117. The molecule has 0 aliphatic heterocycles. The third-order valence-electron chi connectivity index (χ3n) is 2.70. The summed E-state index contributed by atoms with van der Waals surface area (Å²) in [5.41, 5.74) is 7.44. The Morgan fingerprint density at radius 2 is 2.24 bits per heavy atom. The molecule has 0 fully saturated rings. The fraction of sp³-hybridized carbons (Fsp3) is 0.462. The number of nitrogen functional groups attached to an aromatic ring is 1. The second-order valence-corrected chi connectivity index (χ2v) is 3.98. The van der Waals surface area contributed by atoms with Crippen molar-refractivity contribution >= 4 is 5.84 Å². The van der Waals surface area contributed by atoms with Crippen LogP contribution in [0.5, 0.6) is 0 Å². The minimum Gasteiger partial charge on any atom is -0.384 e. The molecule has 1 aromatic carbocycles. The molecule has 0 aliphatic rings. The Morgan fingerprint density at radius 1 is 1.47 bits per heavy atom. The molecular weight excluding hydrogens is 214 g/mol. The minimum absolute atomic E-state index is 0.117.